The van der Waals surface area contributed by atoms with E-state index in [-0.39, 0.29) is 24.1 Å². The summed E-state index contributed by atoms with van der Waals surface area (Å²) in [6.45, 7) is 1.46. The van der Waals surface area contributed by atoms with Crippen LogP contribution in [-0.4, -0.2) is 31.7 Å². The van der Waals surface area contributed by atoms with E-state index in [9.17, 15) is 9.59 Å². The molecule has 2 aliphatic rings. The van der Waals surface area contributed by atoms with E-state index in [1.54, 1.807) is 42.5 Å². The molecule has 0 radical (unpaired) electrons. The molecule has 2 aliphatic heterocycles. The van der Waals surface area contributed by atoms with Gasteiger partial charge in [0.1, 0.15) is 0 Å². The minimum atomic E-state index is -0.573. The van der Waals surface area contributed by atoms with E-state index in [0.717, 1.165) is 0 Å². The summed E-state index contributed by atoms with van der Waals surface area (Å²) in [6.07, 6.45) is 1.56. The summed E-state index contributed by atoms with van der Waals surface area (Å²) in [6, 6.07) is 10.1. The van der Waals surface area contributed by atoms with Crippen molar-refractivity contribution >= 4 is 23.9 Å². The van der Waals surface area contributed by atoms with Gasteiger partial charge in [0.05, 0.1) is 7.11 Å². The molecule has 0 atom stereocenters. The molecule has 28 heavy (non-hydrogen) atoms. The Balaban J connectivity index is 1.62. The maximum Gasteiger partial charge on any atom is 0.363 e. The first-order chi connectivity index (χ1) is 13.5. The molecule has 0 bridgehead atoms. The molecule has 142 valence electrons. The molecule has 8 nitrogen and oxygen atoms in total. The smallest absolute Gasteiger partial charge is 0.363 e. The van der Waals surface area contributed by atoms with E-state index in [2.05, 4.69) is 4.99 Å². The number of nitrogens with zero attached hydrogens (tertiary/aromatic N) is 1. The molecule has 2 aromatic rings. The highest BCUT2D eigenvalue weighted by molar-refractivity contribution is 6.13. The van der Waals surface area contributed by atoms with Crippen LogP contribution in [-0.2, 0) is 14.3 Å². The van der Waals surface area contributed by atoms with Crippen molar-refractivity contribution in [1.82, 2.24) is 0 Å². The molecule has 0 spiro atoms. The van der Waals surface area contributed by atoms with Crippen LogP contribution in [0, 0.1) is 0 Å². The van der Waals surface area contributed by atoms with Gasteiger partial charge in [0, 0.05) is 12.5 Å². The Morgan fingerprint density at radius 2 is 1.93 bits per heavy atom. The number of fused-ring (bicyclic) bond motifs is 1. The minimum absolute atomic E-state index is 0.134. The fraction of sp³-hybridized carbons (Fsp3) is 0.150. The first-order valence-corrected chi connectivity index (χ1v) is 8.32. The van der Waals surface area contributed by atoms with Crippen LogP contribution in [0.5, 0.6) is 23.0 Å². The lowest BCUT2D eigenvalue weighted by atomic mass is 10.1. The molecule has 2 heterocycles. The lowest BCUT2D eigenvalue weighted by Crippen LogP contribution is -2.05. The molecule has 0 N–H and O–H groups in total. The molecule has 0 amide bonds. The average molecular weight is 381 g/mol. The summed E-state index contributed by atoms with van der Waals surface area (Å²) in [7, 11) is 1.46. The number of aliphatic imine (C=N–C) groups is 1. The van der Waals surface area contributed by atoms with Gasteiger partial charge in [-0.3, -0.25) is 4.79 Å². The molecule has 0 aromatic heterocycles. The number of carbonyl (C=O) groups excluding carboxylic acids is 2. The number of benzene rings is 2. The summed E-state index contributed by atoms with van der Waals surface area (Å²) in [5, 5.41) is 0. The van der Waals surface area contributed by atoms with Crippen molar-refractivity contribution < 1.29 is 33.3 Å². The highest BCUT2D eigenvalue weighted by atomic mass is 16.7. The molecular formula is C20H15NO7. The van der Waals surface area contributed by atoms with Gasteiger partial charge < -0.3 is 23.7 Å². The van der Waals surface area contributed by atoms with Crippen LogP contribution in [0.25, 0.3) is 6.08 Å². The van der Waals surface area contributed by atoms with Gasteiger partial charge in [-0.2, -0.15) is 0 Å². The predicted octanol–water partition coefficient (Wildman–Crippen LogP) is 2.69. The number of carbonyl (C=O) groups is 2. The zero-order valence-electron chi connectivity index (χ0n) is 15.1. The predicted molar refractivity (Wildman–Crippen MR) is 97.5 cm³/mol. The number of methoxy groups -OCH3 is 1. The topological polar surface area (TPSA) is 92.7 Å². The summed E-state index contributed by atoms with van der Waals surface area (Å²) in [5.41, 5.74) is 1.37. The van der Waals surface area contributed by atoms with Crippen molar-refractivity contribution in [3.63, 3.8) is 0 Å². The molecule has 0 fully saturated rings. The van der Waals surface area contributed by atoms with Gasteiger partial charge >= 0.3 is 11.9 Å². The van der Waals surface area contributed by atoms with Crippen LogP contribution in [0.2, 0.25) is 0 Å². The second-order valence-electron chi connectivity index (χ2n) is 5.91. The first kappa shape index (κ1) is 17.6. The largest absolute Gasteiger partial charge is 0.493 e. The summed E-state index contributed by atoms with van der Waals surface area (Å²) in [4.78, 5) is 27.6. The molecule has 8 heteroatoms. The van der Waals surface area contributed by atoms with Crippen molar-refractivity contribution in [2.75, 3.05) is 13.9 Å². The van der Waals surface area contributed by atoms with Gasteiger partial charge in [-0.15, -0.1) is 0 Å². The van der Waals surface area contributed by atoms with Crippen LogP contribution in [0.4, 0.5) is 0 Å². The Hall–Kier alpha value is -3.81. The van der Waals surface area contributed by atoms with Crippen LogP contribution in [0.15, 0.2) is 47.1 Å². The SMILES string of the molecule is COc1cc(/C=C2/N=C(c3ccc4c(c3)OCO4)OC2=O)ccc1OC(C)=O. The molecule has 0 aliphatic carbocycles. The van der Waals surface area contributed by atoms with Crippen molar-refractivity contribution in [1.29, 1.82) is 0 Å². The number of cyclic esters (lactones) is 1. The first-order valence-electron chi connectivity index (χ1n) is 8.32. The van der Waals surface area contributed by atoms with Crippen molar-refractivity contribution in [2.45, 2.75) is 6.92 Å². The van der Waals surface area contributed by atoms with Crippen LogP contribution < -0.4 is 18.9 Å². The quantitative estimate of drug-likeness (QED) is 0.457. The minimum Gasteiger partial charge on any atom is -0.493 e. The third kappa shape index (κ3) is 3.39. The highest BCUT2D eigenvalue weighted by Gasteiger charge is 2.26. The van der Waals surface area contributed by atoms with Crippen LogP contribution in [0.1, 0.15) is 18.1 Å². The Kier molecular flexibility index (Phi) is 4.44. The third-order valence-corrected chi connectivity index (χ3v) is 3.98. The van der Waals surface area contributed by atoms with E-state index in [4.69, 9.17) is 23.7 Å². The van der Waals surface area contributed by atoms with Gasteiger partial charge in [0.15, 0.2) is 28.7 Å². The normalized spacial score (nSPS) is 16.0. The second kappa shape index (κ2) is 7.07. The van der Waals surface area contributed by atoms with Crippen molar-refractivity contribution in [3.8, 4) is 23.0 Å². The summed E-state index contributed by atoms with van der Waals surface area (Å²) in [5.74, 6) is 0.992. The molecule has 0 saturated carbocycles. The Bertz CT molecular complexity index is 1040. The summed E-state index contributed by atoms with van der Waals surface area (Å²) >= 11 is 0. The number of esters is 2. The Labute approximate surface area is 159 Å². The van der Waals surface area contributed by atoms with Crippen LogP contribution >= 0.6 is 0 Å². The molecule has 0 saturated heterocycles. The van der Waals surface area contributed by atoms with E-state index < -0.39 is 11.9 Å². The second-order valence-corrected chi connectivity index (χ2v) is 5.91. The zero-order chi connectivity index (χ0) is 19.7. The number of hydrogen-bond acceptors (Lipinski definition) is 8. The van der Waals surface area contributed by atoms with Crippen molar-refractivity contribution in [3.05, 3.63) is 53.2 Å². The molecule has 0 unspecified atom stereocenters. The van der Waals surface area contributed by atoms with Gasteiger partial charge in [-0.05, 0) is 42.0 Å². The fourth-order valence-corrected chi connectivity index (χ4v) is 2.73. The van der Waals surface area contributed by atoms with E-state index in [1.165, 1.54) is 14.0 Å². The average Bonchev–Trinajstić information content (AvgIpc) is 3.28. The van der Waals surface area contributed by atoms with E-state index in [0.29, 0.717) is 28.4 Å². The molecule has 4 rings (SSSR count). The lowest BCUT2D eigenvalue weighted by Gasteiger charge is -2.08. The highest BCUT2D eigenvalue weighted by Crippen LogP contribution is 2.34. The van der Waals surface area contributed by atoms with Gasteiger partial charge in [0.25, 0.3) is 0 Å². The monoisotopic (exact) mass is 381 g/mol. The maximum absolute atomic E-state index is 12.2. The molecule has 2 aromatic carbocycles. The number of ether oxygens (including phenoxy) is 5. The van der Waals surface area contributed by atoms with Gasteiger partial charge in [-0.25, -0.2) is 9.79 Å². The van der Waals surface area contributed by atoms with E-state index in [1.807, 2.05) is 0 Å². The Morgan fingerprint density at radius 1 is 1.11 bits per heavy atom. The fourth-order valence-electron chi connectivity index (χ4n) is 2.73. The van der Waals surface area contributed by atoms with Gasteiger partial charge in [0.2, 0.25) is 12.7 Å². The zero-order valence-corrected chi connectivity index (χ0v) is 15.1. The third-order valence-electron chi connectivity index (χ3n) is 3.98. The molecular weight excluding hydrogens is 366 g/mol. The maximum atomic E-state index is 12.2. The lowest BCUT2D eigenvalue weighted by molar-refractivity contribution is -0.132. The number of hydrogen-bond donors (Lipinski definition) is 0. The van der Waals surface area contributed by atoms with Crippen LogP contribution in [0.3, 0.4) is 0 Å². The summed E-state index contributed by atoms with van der Waals surface area (Å²) < 4.78 is 26.2. The number of rotatable bonds is 4. The Morgan fingerprint density at radius 3 is 2.71 bits per heavy atom. The van der Waals surface area contributed by atoms with Crippen molar-refractivity contribution in [2.24, 2.45) is 4.99 Å². The van der Waals surface area contributed by atoms with Gasteiger partial charge in [-0.1, -0.05) is 6.07 Å². The van der Waals surface area contributed by atoms with E-state index >= 15 is 0 Å². The standard InChI is InChI=1S/C20H15NO7/c1-11(22)27-16-5-3-12(8-17(16)24-2)7-14-20(23)28-19(21-14)13-4-6-15-18(9-13)26-10-25-15/h3-9H,10H2,1-2H3/b14-7+.